The van der Waals surface area contributed by atoms with E-state index in [2.05, 4.69) is 20.7 Å². The molecule has 17 heavy (non-hydrogen) atoms. The molecular formula is C11H14ClN5. The molecule has 1 fully saturated rings. The second kappa shape index (κ2) is 4.50. The van der Waals surface area contributed by atoms with E-state index in [1.54, 1.807) is 10.7 Å². The third-order valence-corrected chi connectivity index (χ3v) is 3.15. The smallest absolute Gasteiger partial charge is 0.243 e. The standard InChI is InChI=1S/C11H14ClN5/c12-8-3-4-10-15-11(16-17(10)7-8)14-9-2-1-5-13-6-9/h3-4,7,9,13H,1-2,5-6H2,(H,14,16). The Bertz CT molecular complexity index is 518. The third-order valence-electron chi connectivity index (χ3n) is 2.92. The van der Waals surface area contributed by atoms with Gasteiger partial charge in [-0.25, -0.2) is 4.52 Å². The first-order valence-corrected chi connectivity index (χ1v) is 6.18. The van der Waals surface area contributed by atoms with Crippen LogP contribution in [-0.4, -0.2) is 33.7 Å². The summed E-state index contributed by atoms with van der Waals surface area (Å²) in [4.78, 5) is 4.40. The predicted octanol–water partition coefficient (Wildman–Crippen LogP) is 1.55. The fourth-order valence-electron chi connectivity index (χ4n) is 2.08. The van der Waals surface area contributed by atoms with Crippen LogP contribution in [0.3, 0.4) is 0 Å². The van der Waals surface area contributed by atoms with Crippen molar-refractivity contribution in [1.82, 2.24) is 19.9 Å². The van der Waals surface area contributed by atoms with Crippen LogP contribution in [0.25, 0.3) is 5.65 Å². The van der Waals surface area contributed by atoms with E-state index < -0.39 is 0 Å². The molecule has 3 rings (SSSR count). The Morgan fingerprint density at radius 2 is 2.41 bits per heavy atom. The molecule has 1 saturated heterocycles. The molecule has 0 saturated carbocycles. The highest BCUT2D eigenvalue weighted by atomic mass is 35.5. The van der Waals surface area contributed by atoms with Crippen molar-refractivity contribution in [3.8, 4) is 0 Å². The van der Waals surface area contributed by atoms with Gasteiger partial charge in [-0.1, -0.05) is 11.6 Å². The van der Waals surface area contributed by atoms with Gasteiger partial charge in [-0.05, 0) is 31.5 Å². The van der Waals surface area contributed by atoms with Crippen LogP contribution in [0.5, 0.6) is 0 Å². The summed E-state index contributed by atoms with van der Waals surface area (Å²) in [6.45, 7) is 2.07. The molecule has 2 aromatic heterocycles. The molecule has 0 aromatic carbocycles. The molecule has 2 aromatic rings. The van der Waals surface area contributed by atoms with Crippen LogP contribution in [0.2, 0.25) is 5.02 Å². The van der Waals surface area contributed by atoms with E-state index in [4.69, 9.17) is 11.6 Å². The zero-order chi connectivity index (χ0) is 11.7. The minimum atomic E-state index is 0.414. The highest BCUT2D eigenvalue weighted by Gasteiger charge is 2.14. The van der Waals surface area contributed by atoms with E-state index >= 15 is 0 Å². The topological polar surface area (TPSA) is 54.2 Å². The molecule has 1 aliphatic rings. The van der Waals surface area contributed by atoms with Gasteiger partial charge in [-0.2, -0.15) is 4.98 Å². The lowest BCUT2D eigenvalue weighted by atomic mass is 10.1. The van der Waals surface area contributed by atoms with Gasteiger partial charge in [0.25, 0.3) is 0 Å². The maximum Gasteiger partial charge on any atom is 0.243 e. The van der Waals surface area contributed by atoms with Crippen LogP contribution in [0.15, 0.2) is 18.3 Å². The number of hydrogen-bond donors (Lipinski definition) is 2. The van der Waals surface area contributed by atoms with Gasteiger partial charge < -0.3 is 10.6 Å². The minimum Gasteiger partial charge on any atom is -0.349 e. The van der Waals surface area contributed by atoms with Gasteiger partial charge in [0.15, 0.2) is 5.65 Å². The maximum absolute atomic E-state index is 5.90. The lowest BCUT2D eigenvalue weighted by Gasteiger charge is -2.22. The van der Waals surface area contributed by atoms with E-state index in [9.17, 15) is 0 Å². The molecule has 2 N–H and O–H groups in total. The van der Waals surface area contributed by atoms with E-state index in [0.29, 0.717) is 17.0 Å². The van der Waals surface area contributed by atoms with Crippen LogP contribution in [0.4, 0.5) is 5.95 Å². The largest absolute Gasteiger partial charge is 0.349 e. The predicted molar refractivity (Wildman–Crippen MR) is 67.5 cm³/mol. The Balaban J connectivity index is 1.80. The van der Waals surface area contributed by atoms with Crippen molar-refractivity contribution in [3.63, 3.8) is 0 Å². The summed E-state index contributed by atoms with van der Waals surface area (Å²) in [5, 5.41) is 11.7. The summed E-state index contributed by atoms with van der Waals surface area (Å²) in [6.07, 6.45) is 4.11. The van der Waals surface area contributed by atoms with Crippen molar-refractivity contribution in [1.29, 1.82) is 0 Å². The molecule has 0 spiro atoms. The first-order chi connectivity index (χ1) is 8.31. The van der Waals surface area contributed by atoms with Gasteiger partial charge in [0.1, 0.15) is 0 Å². The Kier molecular flexibility index (Phi) is 2.86. The number of fused-ring (bicyclic) bond motifs is 1. The number of aromatic nitrogens is 3. The molecule has 1 aliphatic heterocycles. The van der Waals surface area contributed by atoms with E-state index in [1.807, 2.05) is 12.1 Å². The SMILES string of the molecule is Clc1ccc2nc(NC3CCCNC3)nn2c1. The molecule has 6 heteroatoms. The zero-order valence-corrected chi connectivity index (χ0v) is 10.1. The summed E-state index contributed by atoms with van der Waals surface area (Å²) in [5.74, 6) is 0.668. The molecule has 0 bridgehead atoms. The van der Waals surface area contributed by atoms with Gasteiger partial charge >= 0.3 is 0 Å². The maximum atomic E-state index is 5.90. The molecule has 90 valence electrons. The van der Waals surface area contributed by atoms with Crippen LogP contribution < -0.4 is 10.6 Å². The molecule has 1 unspecified atom stereocenters. The Morgan fingerprint density at radius 1 is 1.47 bits per heavy atom. The van der Waals surface area contributed by atoms with Crippen molar-refractivity contribution in [2.45, 2.75) is 18.9 Å². The first-order valence-electron chi connectivity index (χ1n) is 5.80. The molecule has 0 aliphatic carbocycles. The minimum absolute atomic E-state index is 0.414. The van der Waals surface area contributed by atoms with Gasteiger partial charge in [-0.15, -0.1) is 5.10 Å². The number of nitrogens with one attached hydrogen (secondary N) is 2. The van der Waals surface area contributed by atoms with Crippen molar-refractivity contribution < 1.29 is 0 Å². The Labute approximate surface area is 104 Å². The van der Waals surface area contributed by atoms with Gasteiger partial charge in [0.05, 0.1) is 5.02 Å². The lowest BCUT2D eigenvalue weighted by Crippen LogP contribution is -2.38. The van der Waals surface area contributed by atoms with Crippen LogP contribution in [-0.2, 0) is 0 Å². The quantitative estimate of drug-likeness (QED) is 0.850. The molecular weight excluding hydrogens is 238 g/mol. The highest BCUT2D eigenvalue weighted by Crippen LogP contribution is 2.13. The number of hydrogen-bond acceptors (Lipinski definition) is 4. The number of halogens is 1. The number of piperidine rings is 1. The average Bonchev–Trinajstić information content (AvgIpc) is 2.71. The van der Waals surface area contributed by atoms with Crippen molar-refractivity contribution >= 4 is 23.2 Å². The van der Waals surface area contributed by atoms with E-state index in [0.717, 1.165) is 25.2 Å². The zero-order valence-electron chi connectivity index (χ0n) is 9.36. The third kappa shape index (κ3) is 2.35. The Morgan fingerprint density at radius 3 is 3.24 bits per heavy atom. The Hall–Kier alpha value is -1.33. The van der Waals surface area contributed by atoms with Crippen LogP contribution in [0, 0.1) is 0 Å². The van der Waals surface area contributed by atoms with Crippen LogP contribution >= 0.6 is 11.6 Å². The lowest BCUT2D eigenvalue weighted by molar-refractivity contribution is 0.478. The fraction of sp³-hybridized carbons (Fsp3) is 0.455. The summed E-state index contributed by atoms with van der Waals surface area (Å²) in [6, 6.07) is 4.09. The van der Waals surface area contributed by atoms with Crippen molar-refractivity contribution in [2.24, 2.45) is 0 Å². The summed E-state index contributed by atoms with van der Waals surface area (Å²) >= 11 is 5.90. The number of anilines is 1. The van der Waals surface area contributed by atoms with E-state index in [-0.39, 0.29) is 0 Å². The molecule has 0 amide bonds. The normalized spacial score (nSPS) is 20.6. The fourth-order valence-corrected chi connectivity index (χ4v) is 2.23. The van der Waals surface area contributed by atoms with Crippen molar-refractivity contribution in [2.75, 3.05) is 18.4 Å². The second-order valence-electron chi connectivity index (χ2n) is 4.27. The first kappa shape index (κ1) is 10.8. The molecule has 3 heterocycles. The summed E-state index contributed by atoms with van der Waals surface area (Å²) < 4.78 is 1.70. The molecule has 5 nitrogen and oxygen atoms in total. The van der Waals surface area contributed by atoms with Gasteiger partial charge in [0.2, 0.25) is 5.95 Å². The summed E-state index contributed by atoms with van der Waals surface area (Å²) in [5.41, 5.74) is 0.806. The average molecular weight is 252 g/mol. The number of pyridine rings is 1. The van der Waals surface area contributed by atoms with Gasteiger partial charge in [-0.3, -0.25) is 0 Å². The highest BCUT2D eigenvalue weighted by molar-refractivity contribution is 6.30. The number of rotatable bonds is 2. The molecule has 0 radical (unpaired) electrons. The van der Waals surface area contributed by atoms with Crippen LogP contribution in [0.1, 0.15) is 12.8 Å². The van der Waals surface area contributed by atoms with Crippen molar-refractivity contribution in [3.05, 3.63) is 23.4 Å². The van der Waals surface area contributed by atoms with Gasteiger partial charge in [0, 0.05) is 18.8 Å². The van der Waals surface area contributed by atoms with E-state index in [1.165, 1.54) is 6.42 Å². The number of nitrogens with zero attached hydrogens (tertiary/aromatic N) is 3. The summed E-state index contributed by atoms with van der Waals surface area (Å²) in [7, 11) is 0. The second-order valence-corrected chi connectivity index (χ2v) is 4.71. The molecule has 1 atom stereocenters. The monoisotopic (exact) mass is 251 g/mol.